The second kappa shape index (κ2) is 8.09. The van der Waals surface area contributed by atoms with Gasteiger partial charge in [0.25, 0.3) is 12.3 Å². The van der Waals surface area contributed by atoms with E-state index in [1.165, 1.54) is 0 Å². The highest BCUT2D eigenvalue weighted by Crippen LogP contribution is 2.59. The number of hydrogen-bond acceptors (Lipinski definition) is 4. The number of aromatic nitrogens is 1. The van der Waals surface area contributed by atoms with Gasteiger partial charge in [-0.05, 0) is 53.1 Å². The molecule has 6 rings (SSSR count). The summed E-state index contributed by atoms with van der Waals surface area (Å²) in [6.07, 6.45) is -0.603. The molecule has 1 aromatic heterocycles. The maximum Gasteiger partial charge on any atom is 0.251 e. The van der Waals surface area contributed by atoms with Crippen molar-refractivity contribution in [2.24, 2.45) is 5.92 Å². The fourth-order valence-electron chi connectivity index (χ4n) is 5.88. The molecule has 0 unspecified atom stereocenters. The summed E-state index contributed by atoms with van der Waals surface area (Å²) >= 11 is 0. The van der Waals surface area contributed by atoms with Crippen LogP contribution < -0.4 is 11.1 Å². The number of halogens is 3. The third kappa shape index (κ3) is 3.76. The fourth-order valence-corrected chi connectivity index (χ4v) is 5.88. The predicted octanol–water partition coefficient (Wildman–Crippen LogP) is 4.26. The topological polar surface area (TPSA) is 71.2 Å². The van der Waals surface area contributed by atoms with Crippen LogP contribution in [-0.4, -0.2) is 48.4 Å². The molecule has 3 aliphatic rings. The van der Waals surface area contributed by atoms with Crippen molar-refractivity contribution in [2.75, 3.05) is 31.9 Å². The maximum atomic E-state index is 14.9. The second-order valence-corrected chi connectivity index (χ2v) is 9.86. The molecule has 3 N–H and O–H groups in total. The quantitative estimate of drug-likeness (QED) is 0.538. The number of amides is 1. The number of nitrogens with two attached hydrogens (primary N) is 1. The van der Waals surface area contributed by atoms with E-state index < -0.39 is 12.4 Å². The average molecular weight is 479 g/mol. The molecule has 0 bridgehead atoms. The van der Waals surface area contributed by atoms with E-state index in [9.17, 15) is 18.0 Å². The molecule has 1 amide bonds. The summed E-state index contributed by atoms with van der Waals surface area (Å²) in [7, 11) is 0. The molecule has 2 fully saturated rings. The number of rotatable bonds is 5. The summed E-state index contributed by atoms with van der Waals surface area (Å²) in [5.41, 5.74) is 11.1. The molecular weight excluding hydrogens is 453 g/mol. The SMILES string of the molecule is Nc1nc(F)c(-c2ccc([C@@]34C[C@@H]3CN(CC(F)F)C4)cc2)cc1-c1ccc2c(c1)CCNC2=O. The van der Waals surface area contributed by atoms with Crippen LogP contribution in [0.4, 0.5) is 19.0 Å². The Hall–Kier alpha value is -3.39. The van der Waals surface area contributed by atoms with E-state index >= 15 is 0 Å². The zero-order valence-corrected chi connectivity index (χ0v) is 19.0. The number of carbonyl (C=O) groups is 1. The van der Waals surface area contributed by atoms with E-state index in [2.05, 4.69) is 10.3 Å². The van der Waals surface area contributed by atoms with Crippen molar-refractivity contribution < 1.29 is 18.0 Å². The number of hydrogen-bond donors (Lipinski definition) is 2. The lowest BCUT2D eigenvalue weighted by atomic mass is 9.92. The Kier molecular flexibility index (Phi) is 5.11. The molecule has 2 aromatic carbocycles. The minimum absolute atomic E-state index is 0.0636. The number of nitrogens with zero attached hydrogens (tertiary/aromatic N) is 2. The summed E-state index contributed by atoms with van der Waals surface area (Å²) in [6, 6.07) is 14.9. The number of nitrogen functional groups attached to an aromatic ring is 1. The lowest BCUT2D eigenvalue weighted by molar-refractivity contribution is 0.0931. The van der Waals surface area contributed by atoms with E-state index in [-0.39, 0.29) is 23.7 Å². The number of benzene rings is 2. The van der Waals surface area contributed by atoms with Crippen LogP contribution in [0.1, 0.15) is 27.9 Å². The van der Waals surface area contributed by atoms with Crippen molar-refractivity contribution in [1.82, 2.24) is 15.2 Å². The summed E-state index contributed by atoms with van der Waals surface area (Å²) < 4.78 is 40.5. The minimum Gasteiger partial charge on any atom is -0.383 e. The summed E-state index contributed by atoms with van der Waals surface area (Å²) in [4.78, 5) is 17.9. The first-order chi connectivity index (χ1) is 16.8. The molecule has 0 radical (unpaired) electrons. The van der Waals surface area contributed by atoms with Gasteiger partial charge in [-0.3, -0.25) is 9.69 Å². The van der Waals surface area contributed by atoms with Gasteiger partial charge in [-0.2, -0.15) is 4.39 Å². The number of fused-ring (bicyclic) bond motifs is 2. The van der Waals surface area contributed by atoms with Crippen molar-refractivity contribution in [3.8, 4) is 22.3 Å². The van der Waals surface area contributed by atoms with Gasteiger partial charge in [0.05, 0.1) is 6.54 Å². The van der Waals surface area contributed by atoms with Crippen LogP contribution in [0.25, 0.3) is 22.3 Å². The largest absolute Gasteiger partial charge is 0.383 e. The molecule has 1 aliphatic carbocycles. The standard InChI is InChI=1S/C27H25F3N4O/c28-23(29)13-34-12-19-11-27(19,14-34)18-4-1-15(2-5-18)21-10-22(25(31)33-24(21)30)16-3-6-20-17(9-16)7-8-32-26(20)35/h1-6,9-10,19,23H,7-8,11-14H2,(H2,31,33)(H,32,35)/t19-,27+/m1/s1. The molecule has 3 heterocycles. The Morgan fingerprint density at radius 2 is 1.86 bits per heavy atom. The Balaban J connectivity index is 1.30. The van der Waals surface area contributed by atoms with E-state index in [0.717, 1.165) is 29.5 Å². The molecule has 0 spiro atoms. The highest BCUT2D eigenvalue weighted by Gasteiger charge is 2.60. The van der Waals surface area contributed by atoms with Crippen LogP contribution in [0.3, 0.4) is 0 Å². The van der Waals surface area contributed by atoms with Crippen LogP contribution in [0.5, 0.6) is 0 Å². The number of piperidine rings is 1. The van der Waals surface area contributed by atoms with Crippen molar-refractivity contribution >= 4 is 11.7 Å². The third-order valence-corrected chi connectivity index (χ3v) is 7.73. The minimum atomic E-state index is -2.32. The van der Waals surface area contributed by atoms with Gasteiger partial charge >= 0.3 is 0 Å². The van der Waals surface area contributed by atoms with Gasteiger partial charge in [0, 0.05) is 41.7 Å². The zero-order valence-electron chi connectivity index (χ0n) is 19.0. The lowest BCUT2D eigenvalue weighted by Gasteiger charge is -2.20. The van der Waals surface area contributed by atoms with Crippen molar-refractivity contribution in [2.45, 2.75) is 24.7 Å². The van der Waals surface area contributed by atoms with Gasteiger partial charge in [0.1, 0.15) is 5.82 Å². The highest BCUT2D eigenvalue weighted by atomic mass is 19.3. The first-order valence-electron chi connectivity index (χ1n) is 11.8. The summed E-state index contributed by atoms with van der Waals surface area (Å²) in [5.74, 6) is -0.254. The lowest BCUT2D eigenvalue weighted by Crippen LogP contribution is -2.31. The second-order valence-electron chi connectivity index (χ2n) is 9.86. The monoisotopic (exact) mass is 478 g/mol. The fraction of sp³-hybridized carbons (Fsp3) is 0.333. The Labute approximate surface area is 201 Å². The molecule has 5 nitrogen and oxygen atoms in total. The third-order valence-electron chi connectivity index (χ3n) is 7.73. The molecule has 8 heteroatoms. The number of pyridine rings is 1. The normalized spacial score (nSPS) is 23.2. The molecule has 1 saturated heterocycles. The van der Waals surface area contributed by atoms with E-state index in [1.807, 2.05) is 35.2 Å². The molecule has 2 atom stereocenters. The maximum absolute atomic E-state index is 14.9. The first kappa shape index (κ1) is 22.1. The molecule has 1 saturated carbocycles. The van der Waals surface area contributed by atoms with Crippen LogP contribution >= 0.6 is 0 Å². The van der Waals surface area contributed by atoms with Crippen molar-refractivity contribution in [1.29, 1.82) is 0 Å². The summed E-state index contributed by atoms with van der Waals surface area (Å²) in [5, 5.41) is 2.83. The number of carbonyl (C=O) groups excluding carboxylic acids is 1. The first-order valence-corrected chi connectivity index (χ1v) is 11.8. The Morgan fingerprint density at radius 1 is 1.09 bits per heavy atom. The zero-order chi connectivity index (χ0) is 24.3. The average Bonchev–Trinajstić information content (AvgIpc) is 3.40. The van der Waals surface area contributed by atoms with Gasteiger partial charge in [0.2, 0.25) is 5.95 Å². The number of likely N-dealkylation sites (tertiary alicyclic amines) is 1. The Morgan fingerprint density at radius 3 is 2.63 bits per heavy atom. The highest BCUT2D eigenvalue weighted by molar-refractivity contribution is 5.97. The molecule has 2 aliphatic heterocycles. The Bertz CT molecular complexity index is 1330. The summed E-state index contributed by atoms with van der Waals surface area (Å²) in [6.45, 7) is 1.73. The van der Waals surface area contributed by atoms with Crippen LogP contribution in [-0.2, 0) is 11.8 Å². The van der Waals surface area contributed by atoms with Gasteiger partial charge in [-0.1, -0.05) is 36.4 Å². The predicted molar refractivity (Wildman–Crippen MR) is 128 cm³/mol. The molecular formula is C27H25F3N4O. The molecule has 3 aromatic rings. The molecule has 35 heavy (non-hydrogen) atoms. The van der Waals surface area contributed by atoms with Crippen molar-refractivity contribution in [3.05, 3.63) is 71.2 Å². The smallest absolute Gasteiger partial charge is 0.251 e. The van der Waals surface area contributed by atoms with E-state index in [0.29, 0.717) is 47.8 Å². The van der Waals surface area contributed by atoms with Crippen LogP contribution in [0.15, 0.2) is 48.5 Å². The van der Waals surface area contributed by atoms with Gasteiger partial charge in [-0.25, -0.2) is 13.8 Å². The van der Waals surface area contributed by atoms with Gasteiger partial charge in [0.15, 0.2) is 0 Å². The number of alkyl halides is 2. The van der Waals surface area contributed by atoms with E-state index in [4.69, 9.17) is 5.73 Å². The molecule has 180 valence electrons. The number of nitrogens with one attached hydrogen (secondary N) is 1. The number of anilines is 1. The van der Waals surface area contributed by atoms with Gasteiger partial charge < -0.3 is 11.1 Å². The van der Waals surface area contributed by atoms with Crippen LogP contribution in [0.2, 0.25) is 0 Å². The van der Waals surface area contributed by atoms with Crippen molar-refractivity contribution in [3.63, 3.8) is 0 Å². The van der Waals surface area contributed by atoms with Gasteiger partial charge in [-0.15, -0.1) is 0 Å². The van der Waals surface area contributed by atoms with E-state index in [1.54, 1.807) is 18.2 Å². The van der Waals surface area contributed by atoms with Crippen LogP contribution in [0, 0.1) is 11.9 Å².